The molecular weight excluding hydrogens is 314 g/mol. The Labute approximate surface area is 149 Å². The van der Waals surface area contributed by atoms with Gasteiger partial charge in [-0.25, -0.2) is 0 Å². The average molecular weight is 341 g/mol. The van der Waals surface area contributed by atoms with Crippen LogP contribution >= 0.6 is 0 Å². The molecule has 1 aromatic heterocycles. The molecule has 25 heavy (non-hydrogen) atoms. The molecule has 0 spiro atoms. The largest absolute Gasteiger partial charge is 0.492 e. The molecule has 0 bridgehead atoms. The fraction of sp³-hybridized carbons (Fsp3) is 0.500. The molecule has 1 aliphatic rings. The molecule has 1 aliphatic heterocycles. The molecule has 1 unspecified atom stereocenters. The molecule has 0 aliphatic carbocycles. The summed E-state index contributed by atoms with van der Waals surface area (Å²) in [5.41, 5.74) is 4.38. The van der Waals surface area contributed by atoms with Gasteiger partial charge in [-0.05, 0) is 45.7 Å². The van der Waals surface area contributed by atoms with Crippen molar-refractivity contribution in [2.45, 2.75) is 46.7 Å². The minimum Gasteiger partial charge on any atom is -0.492 e. The number of ether oxygens (including phenoxy) is 1. The summed E-state index contributed by atoms with van der Waals surface area (Å²) in [6.45, 7) is 9.36. The maximum Gasteiger partial charge on any atom is 0.229 e. The van der Waals surface area contributed by atoms with Crippen molar-refractivity contribution in [3.63, 3.8) is 0 Å². The van der Waals surface area contributed by atoms with Crippen LogP contribution in [-0.4, -0.2) is 34.2 Å². The lowest BCUT2D eigenvalue weighted by Gasteiger charge is -2.28. The van der Waals surface area contributed by atoms with Crippen LogP contribution in [-0.2, 0) is 17.8 Å². The average Bonchev–Trinajstić information content (AvgIpc) is 2.89. The Kier molecular flexibility index (Phi) is 4.84. The number of benzene rings is 1. The highest BCUT2D eigenvalue weighted by Crippen LogP contribution is 2.28. The van der Waals surface area contributed by atoms with Crippen molar-refractivity contribution in [1.29, 1.82) is 0 Å². The summed E-state index contributed by atoms with van der Waals surface area (Å²) in [5, 5.41) is 4.62. The molecule has 1 aromatic carbocycles. The van der Waals surface area contributed by atoms with Gasteiger partial charge in [-0.3, -0.25) is 9.48 Å². The van der Waals surface area contributed by atoms with Gasteiger partial charge in [0.15, 0.2) is 0 Å². The highest BCUT2D eigenvalue weighted by molar-refractivity contribution is 5.79. The van der Waals surface area contributed by atoms with Crippen LogP contribution in [0.4, 0.5) is 0 Å². The van der Waals surface area contributed by atoms with Gasteiger partial charge in [0.25, 0.3) is 0 Å². The first-order valence-corrected chi connectivity index (χ1v) is 8.88. The molecule has 0 saturated heterocycles. The van der Waals surface area contributed by atoms with E-state index in [2.05, 4.69) is 25.9 Å². The normalized spacial score (nSPS) is 16.5. The van der Waals surface area contributed by atoms with E-state index in [1.165, 1.54) is 0 Å². The predicted octanol–water partition coefficient (Wildman–Crippen LogP) is 3.29. The molecule has 5 heteroatoms. The van der Waals surface area contributed by atoms with Crippen LogP contribution in [0.25, 0.3) is 0 Å². The lowest BCUT2D eigenvalue weighted by molar-refractivity contribution is -0.136. The standard InChI is InChI=1S/C20H27N3O2/c1-13(2)23-15(4)18(14(3)21-23)11-22(5)20(24)17-10-16-8-6-7-9-19(16)25-12-17/h6-9,13,17H,10-12H2,1-5H3. The Bertz CT molecular complexity index is 779. The monoisotopic (exact) mass is 341 g/mol. The van der Waals surface area contributed by atoms with Crippen LogP contribution in [0.1, 0.15) is 42.4 Å². The van der Waals surface area contributed by atoms with Gasteiger partial charge in [0.1, 0.15) is 12.4 Å². The van der Waals surface area contributed by atoms with E-state index in [4.69, 9.17) is 4.74 Å². The summed E-state index contributed by atoms with van der Waals surface area (Å²) in [6, 6.07) is 8.27. The minimum atomic E-state index is -0.124. The molecule has 2 heterocycles. The number of nitrogens with zero attached hydrogens (tertiary/aromatic N) is 3. The van der Waals surface area contributed by atoms with Crippen LogP contribution in [0.2, 0.25) is 0 Å². The second-order valence-electron chi connectivity index (χ2n) is 7.20. The summed E-state index contributed by atoms with van der Waals surface area (Å²) >= 11 is 0. The Hall–Kier alpha value is -2.30. The summed E-state index contributed by atoms with van der Waals surface area (Å²) < 4.78 is 7.81. The fourth-order valence-electron chi connectivity index (χ4n) is 3.54. The molecule has 5 nitrogen and oxygen atoms in total. The zero-order valence-electron chi connectivity index (χ0n) is 15.7. The van der Waals surface area contributed by atoms with E-state index >= 15 is 0 Å². The van der Waals surface area contributed by atoms with Gasteiger partial charge < -0.3 is 9.64 Å². The van der Waals surface area contributed by atoms with E-state index in [0.717, 1.165) is 34.7 Å². The van der Waals surface area contributed by atoms with Gasteiger partial charge in [-0.15, -0.1) is 0 Å². The third-order valence-corrected chi connectivity index (χ3v) is 4.96. The third kappa shape index (κ3) is 3.41. The molecule has 1 atom stereocenters. The number of rotatable bonds is 4. The van der Waals surface area contributed by atoms with Crippen LogP contribution < -0.4 is 4.74 Å². The van der Waals surface area contributed by atoms with Crippen LogP contribution in [0.15, 0.2) is 24.3 Å². The Morgan fingerprint density at radius 2 is 2.08 bits per heavy atom. The van der Waals surface area contributed by atoms with Crippen molar-refractivity contribution < 1.29 is 9.53 Å². The predicted molar refractivity (Wildman–Crippen MR) is 97.7 cm³/mol. The zero-order chi connectivity index (χ0) is 18.1. The summed E-state index contributed by atoms with van der Waals surface area (Å²) in [6.07, 6.45) is 0.739. The lowest BCUT2D eigenvalue weighted by Crippen LogP contribution is -2.38. The first-order chi connectivity index (χ1) is 11.9. The summed E-state index contributed by atoms with van der Waals surface area (Å²) in [7, 11) is 1.87. The second kappa shape index (κ2) is 6.90. The van der Waals surface area contributed by atoms with Crippen LogP contribution in [0.3, 0.4) is 0 Å². The molecule has 1 amide bonds. The van der Waals surface area contributed by atoms with Gasteiger partial charge in [-0.2, -0.15) is 5.10 Å². The molecule has 3 rings (SSSR count). The SMILES string of the molecule is Cc1nn(C(C)C)c(C)c1CN(C)C(=O)C1COc2ccccc2C1. The molecule has 0 saturated carbocycles. The number of hydrogen-bond donors (Lipinski definition) is 0. The minimum absolute atomic E-state index is 0.124. The number of carbonyl (C=O) groups excluding carboxylic acids is 1. The first-order valence-electron chi connectivity index (χ1n) is 8.88. The van der Waals surface area contributed by atoms with Gasteiger partial charge in [0, 0.05) is 30.9 Å². The quantitative estimate of drug-likeness (QED) is 0.857. The summed E-state index contributed by atoms with van der Waals surface area (Å²) in [4.78, 5) is 14.7. The van der Waals surface area contributed by atoms with Crippen molar-refractivity contribution in [3.8, 4) is 5.75 Å². The van der Waals surface area contributed by atoms with E-state index in [1.54, 1.807) is 0 Å². The Balaban J connectivity index is 1.72. The van der Waals surface area contributed by atoms with Gasteiger partial charge in [-0.1, -0.05) is 18.2 Å². The zero-order valence-corrected chi connectivity index (χ0v) is 15.7. The van der Waals surface area contributed by atoms with E-state index in [9.17, 15) is 4.79 Å². The number of hydrogen-bond acceptors (Lipinski definition) is 3. The van der Waals surface area contributed by atoms with Gasteiger partial charge in [0.2, 0.25) is 5.91 Å². The maximum atomic E-state index is 12.9. The smallest absolute Gasteiger partial charge is 0.229 e. The number of carbonyl (C=O) groups is 1. The number of aryl methyl sites for hydroxylation is 1. The molecule has 0 radical (unpaired) electrons. The van der Waals surface area contributed by atoms with Crippen LogP contribution in [0, 0.1) is 19.8 Å². The number of aromatic nitrogens is 2. The van der Waals surface area contributed by atoms with Crippen molar-refractivity contribution in [2.24, 2.45) is 5.92 Å². The lowest BCUT2D eigenvalue weighted by atomic mass is 9.95. The van der Waals surface area contributed by atoms with Crippen molar-refractivity contribution in [1.82, 2.24) is 14.7 Å². The molecule has 0 N–H and O–H groups in total. The van der Waals surface area contributed by atoms with Crippen LogP contribution in [0.5, 0.6) is 5.75 Å². The van der Waals surface area contributed by atoms with Gasteiger partial charge >= 0.3 is 0 Å². The maximum absolute atomic E-state index is 12.9. The van der Waals surface area contributed by atoms with E-state index in [0.29, 0.717) is 19.2 Å². The number of fused-ring (bicyclic) bond motifs is 1. The van der Waals surface area contributed by atoms with E-state index in [-0.39, 0.29) is 11.8 Å². The topological polar surface area (TPSA) is 47.4 Å². The van der Waals surface area contributed by atoms with Gasteiger partial charge in [0.05, 0.1) is 11.6 Å². The first kappa shape index (κ1) is 17.5. The number of para-hydroxylation sites is 1. The molecule has 2 aromatic rings. The van der Waals surface area contributed by atoms with Crippen molar-refractivity contribution in [2.75, 3.05) is 13.7 Å². The Morgan fingerprint density at radius 3 is 2.76 bits per heavy atom. The second-order valence-corrected chi connectivity index (χ2v) is 7.20. The molecule has 0 fully saturated rings. The summed E-state index contributed by atoms with van der Waals surface area (Å²) in [5.74, 6) is 0.908. The van der Waals surface area contributed by atoms with Crippen molar-refractivity contribution in [3.05, 3.63) is 46.8 Å². The number of amides is 1. The Morgan fingerprint density at radius 1 is 1.36 bits per heavy atom. The highest BCUT2D eigenvalue weighted by atomic mass is 16.5. The fourth-order valence-corrected chi connectivity index (χ4v) is 3.54. The van der Waals surface area contributed by atoms with E-state index in [1.807, 2.05) is 47.8 Å². The van der Waals surface area contributed by atoms with E-state index < -0.39 is 0 Å². The highest BCUT2D eigenvalue weighted by Gasteiger charge is 2.29. The van der Waals surface area contributed by atoms with Crippen molar-refractivity contribution >= 4 is 5.91 Å². The molecular formula is C20H27N3O2. The third-order valence-electron chi connectivity index (χ3n) is 4.96. The molecule has 134 valence electrons.